The molecule has 0 bridgehead atoms. The summed E-state index contributed by atoms with van der Waals surface area (Å²) in [6, 6.07) is 128. The second-order valence-corrected chi connectivity index (χ2v) is 49.6. The first kappa shape index (κ1) is 98.8. The summed E-state index contributed by atoms with van der Waals surface area (Å²) in [5, 5.41) is 18.1. The third-order valence-electron chi connectivity index (χ3n) is 25.0. The van der Waals surface area contributed by atoms with Crippen LogP contribution in [0, 0.1) is 62.1 Å². The zero-order valence-electron chi connectivity index (χ0n) is 78.7. The molecule has 0 fully saturated rings. The van der Waals surface area contributed by atoms with E-state index >= 15 is 0 Å². The Morgan fingerprint density at radius 3 is 0.865 bits per heavy atom. The molecule has 0 aliphatic rings. The molecule has 0 unspecified atom stereocenters. The number of fused-ring (bicyclic) bond motifs is 18. The Morgan fingerprint density at radius 1 is 0.271 bits per heavy atom. The van der Waals surface area contributed by atoms with Crippen LogP contribution in [0.4, 0.5) is 0 Å². The second kappa shape index (κ2) is 44.0. The second-order valence-electron chi connectivity index (χ2n) is 36.7. The molecule has 9 aromatic heterocycles. The van der Waals surface area contributed by atoms with Crippen LogP contribution in [0.1, 0.15) is 101 Å². The van der Waals surface area contributed by atoms with E-state index in [4.69, 9.17) is 15.0 Å². The van der Waals surface area contributed by atoms with E-state index in [0.29, 0.717) is 23.7 Å². The van der Waals surface area contributed by atoms with Crippen molar-refractivity contribution < 1.29 is 60.3 Å². The number of benzene rings is 12. The number of aryl methyl sites for hydroxylation is 2. The number of aromatic nitrogens is 9. The average molecular weight is 2320 g/mol. The van der Waals surface area contributed by atoms with Crippen molar-refractivity contribution in [1.29, 1.82) is 0 Å². The Balaban J connectivity index is 0.000000138. The molecule has 0 aliphatic carbocycles. The Kier molecular flexibility index (Phi) is 32.7. The fourth-order valence-electron chi connectivity index (χ4n) is 18.3. The van der Waals surface area contributed by atoms with E-state index in [0.717, 1.165) is 51.6 Å². The molecule has 9 heterocycles. The molecule has 9 nitrogen and oxygen atoms in total. The maximum Gasteiger partial charge on any atom is 0.110 e. The van der Waals surface area contributed by atoms with Gasteiger partial charge in [-0.15, -0.1) is 89.0 Å². The summed E-state index contributed by atoms with van der Waals surface area (Å²) in [5.41, 5.74) is 22.0. The van der Waals surface area contributed by atoms with Crippen LogP contribution < -0.4 is 31.5 Å². The molecular weight excluding hydrogens is 2200 g/mol. The van der Waals surface area contributed by atoms with Crippen molar-refractivity contribution in [3.8, 4) is 33.8 Å². The standard InChI is InChI=1S/C29H29N2.C27H25N2.C23H17N2.3C13H14NSi.3Ir/c1-19(2)16-21-10-9-11-22(17-20(3)4)28(21)27-18-30-29-25-14-6-5-12-23(25)24-13-7-8-15-26(24)31(27)29;1-17(2)19-13-9-14-20(18(3)4)26(19)25-16-28-27-23-12-6-5-10-21(23)22-11-7-8-15-24(22)29(25)27;1-15-8-7-9-16(2)22(15)21-14-24-23-19-12-4-3-10-17(19)18-11-5-6-13-20(18)25(21)23;3*1-15(2,12-8-4-3-5-9-12)13-10-6-7-11-14-13;;;/h5-13,15,18-20H,16-17H2,1-4H3;5-11,13-18H,1-4H3;3-11,13-14H,1-2H3;3*3-8,10-11H,1-2H3;;;/q6*-1;;;. The van der Waals surface area contributed by atoms with Crippen molar-refractivity contribution in [3.05, 3.63) is 416 Å². The molecule has 0 N–H and O–H groups in total. The summed E-state index contributed by atoms with van der Waals surface area (Å²) in [6.45, 7) is 36.4. The third kappa shape index (κ3) is 21.0. The topological polar surface area (TPSA) is 90.6 Å². The number of para-hydroxylation sites is 3. The molecule has 0 saturated carbocycles. The largest absolute Gasteiger partial charge is 0.333 e. The molecule has 0 atom stereocenters. The van der Waals surface area contributed by atoms with Crippen molar-refractivity contribution in [2.24, 2.45) is 11.8 Å². The van der Waals surface area contributed by atoms with E-state index in [2.05, 4.69) is 416 Å². The normalized spacial score (nSPS) is 11.5. The van der Waals surface area contributed by atoms with Crippen LogP contribution in [0.3, 0.4) is 0 Å². The third-order valence-corrected chi connectivity index (χ3v) is 34.7. The Labute approximate surface area is 828 Å². The average Bonchev–Trinajstić information content (AvgIpc) is 1.62. The maximum absolute atomic E-state index is 4.95. The summed E-state index contributed by atoms with van der Waals surface area (Å²) in [4.78, 5) is 28.0. The van der Waals surface area contributed by atoms with Crippen LogP contribution in [0.25, 0.3) is 116 Å². The minimum Gasteiger partial charge on any atom is -0.333 e. The van der Waals surface area contributed by atoms with Gasteiger partial charge in [0.1, 0.15) is 24.2 Å². The van der Waals surface area contributed by atoms with Crippen LogP contribution in [0.15, 0.2) is 347 Å². The van der Waals surface area contributed by atoms with Gasteiger partial charge in [0.15, 0.2) is 0 Å². The Morgan fingerprint density at radius 2 is 0.556 bits per heavy atom. The molecule has 21 aromatic rings. The Hall–Kier alpha value is -11.7. The zero-order valence-corrected chi connectivity index (χ0v) is 88.8. The number of rotatable bonds is 15. The maximum atomic E-state index is 4.95. The molecular formula is C118H113Ir3N9Si3-6. The van der Waals surface area contributed by atoms with E-state index in [1.54, 1.807) is 0 Å². The fraction of sp³-hybridized carbons (Fsp3) is 0.186. The number of imidazole rings is 3. The minimum atomic E-state index is -1.62. The molecule has 0 amide bonds. The van der Waals surface area contributed by atoms with Crippen molar-refractivity contribution in [1.82, 2.24) is 43.1 Å². The summed E-state index contributed by atoms with van der Waals surface area (Å²) in [5.74, 6) is 2.07. The molecule has 675 valence electrons. The van der Waals surface area contributed by atoms with Gasteiger partial charge < -0.3 is 13.2 Å². The first-order valence-electron chi connectivity index (χ1n) is 45.5. The summed E-state index contributed by atoms with van der Waals surface area (Å²) >= 11 is 0. The van der Waals surface area contributed by atoms with Gasteiger partial charge >= 0.3 is 0 Å². The van der Waals surface area contributed by atoms with Gasteiger partial charge in [0.05, 0.1) is 34.0 Å². The van der Waals surface area contributed by atoms with E-state index in [1.807, 2.05) is 104 Å². The van der Waals surface area contributed by atoms with Crippen molar-refractivity contribution >= 4 is 138 Å². The zero-order chi connectivity index (χ0) is 90.8. The predicted molar refractivity (Wildman–Crippen MR) is 557 cm³/mol. The van der Waals surface area contributed by atoms with E-state index in [9.17, 15) is 0 Å². The van der Waals surface area contributed by atoms with Crippen LogP contribution in [0.5, 0.6) is 0 Å². The van der Waals surface area contributed by atoms with E-state index in [1.165, 1.54) is 142 Å². The molecule has 15 heteroatoms. The summed E-state index contributed by atoms with van der Waals surface area (Å²) < 4.78 is 6.97. The number of pyridine rings is 6. The molecule has 0 saturated heterocycles. The number of hydrogen-bond acceptors (Lipinski definition) is 6. The first-order chi connectivity index (χ1) is 63.0. The van der Waals surface area contributed by atoms with Gasteiger partial charge in [-0.05, 0) is 154 Å². The number of hydrogen-bond donors (Lipinski definition) is 0. The number of nitrogens with zero attached hydrogens (tertiary/aromatic N) is 9. The summed E-state index contributed by atoms with van der Waals surface area (Å²) in [7, 11) is -4.87. The van der Waals surface area contributed by atoms with E-state index < -0.39 is 24.2 Å². The van der Waals surface area contributed by atoms with Crippen LogP contribution in [0.2, 0.25) is 39.3 Å². The van der Waals surface area contributed by atoms with Crippen molar-refractivity contribution in [2.75, 3.05) is 0 Å². The first-order valence-corrected chi connectivity index (χ1v) is 54.5. The van der Waals surface area contributed by atoms with Crippen molar-refractivity contribution in [2.45, 2.75) is 133 Å². The molecule has 133 heavy (non-hydrogen) atoms. The monoisotopic (exact) mass is 2320 g/mol. The predicted octanol–water partition coefficient (Wildman–Crippen LogP) is 25.7. The fourth-order valence-corrected chi connectivity index (χ4v) is 24.7. The van der Waals surface area contributed by atoms with E-state index in [-0.39, 0.29) is 60.3 Å². The van der Waals surface area contributed by atoms with Gasteiger partial charge in [-0.1, -0.05) is 238 Å². The van der Waals surface area contributed by atoms with Crippen LogP contribution >= 0.6 is 0 Å². The molecule has 0 aliphatic heterocycles. The molecule has 3 radical (unpaired) electrons. The molecule has 0 spiro atoms. The molecule has 21 rings (SSSR count). The SMILES string of the molecule is CC(C)Cc1cccc(CC(C)C)c1-c1cnc2c3[c-]cccc3c3ccccc3n12.CC(C)c1cccc(C(C)C)c1-c1cnc2c3[c-]cccc3c3ccccc3n12.C[Si](C)(c1[c-]cccc1)c1ccccn1.C[Si](C)(c1[c-]cccc1)c1ccccn1.C[Si](C)(c1[c-]cccc1)c1ccccn1.Cc1cccc(C)c1-c1cnc2c3[c-]cccc3c3ccccc3n12.[Ir].[Ir].[Ir]. The van der Waals surface area contributed by atoms with Gasteiger partial charge in [-0.2, -0.15) is 107 Å². The quantitative estimate of drug-likeness (QED) is 0.0577. The summed E-state index contributed by atoms with van der Waals surface area (Å²) in [6.07, 6.45) is 13.9. The molecule has 12 aromatic carbocycles. The van der Waals surface area contributed by atoms with Crippen molar-refractivity contribution in [3.63, 3.8) is 0 Å². The van der Waals surface area contributed by atoms with Gasteiger partial charge in [0.2, 0.25) is 0 Å². The van der Waals surface area contributed by atoms with Gasteiger partial charge in [-0.25, -0.2) is 0 Å². The Bertz CT molecular complexity index is 7080. The minimum absolute atomic E-state index is 0. The van der Waals surface area contributed by atoms with Gasteiger partial charge in [0.25, 0.3) is 0 Å². The van der Waals surface area contributed by atoms with Crippen LogP contribution in [-0.2, 0) is 73.2 Å². The van der Waals surface area contributed by atoms with Gasteiger partial charge in [-0.3, -0.25) is 29.9 Å². The smallest absolute Gasteiger partial charge is 0.110 e. The van der Waals surface area contributed by atoms with Crippen LogP contribution in [-0.4, -0.2) is 67.3 Å². The van der Waals surface area contributed by atoms with Gasteiger partial charge in [0, 0.05) is 147 Å².